The van der Waals surface area contributed by atoms with Crippen LogP contribution < -0.4 is 16.7 Å². The summed E-state index contributed by atoms with van der Waals surface area (Å²) in [5, 5.41) is 3.23. The fraction of sp³-hybridized carbons (Fsp3) is 0.208. The van der Waals surface area contributed by atoms with Gasteiger partial charge in [0.2, 0.25) is 0 Å². The molecule has 1 fully saturated rings. The second-order valence-electron chi connectivity index (χ2n) is 8.11. The molecular formula is C24H16F4IN5O2. The third-order valence-corrected chi connectivity index (χ3v) is 7.16. The highest BCUT2D eigenvalue weighted by Gasteiger charge is 2.50. The number of aromatic nitrogens is 3. The number of nitrogens with zero attached hydrogens (tertiary/aromatic N) is 2. The van der Waals surface area contributed by atoms with Crippen LogP contribution in [0.25, 0.3) is 32.9 Å². The summed E-state index contributed by atoms with van der Waals surface area (Å²) in [7, 11) is 0. The van der Waals surface area contributed by atoms with Crippen molar-refractivity contribution < 1.29 is 22.3 Å². The maximum absolute atomic E-state index is 15.8. The smallest absolute Gasteiger partial charge is 0.347 e. The topological polar surface area (TPSA) is 106 Å². The molecule has 1 unspecified atom stereocenters. The van der Waals surface area contributed by atoms with E-state index in [0.29, 0.717) is 0 Å². The predicted molar refractivity (Wildman–Crippen MR) is 136 cm³/mol. The minimum absolute atomic E-state index is 0.0235. The van der Waals surface area contributed by atoms with Crippen molar-refractivity contribution in [3.05, 3.63) is 57.9 Å². The van der Waals surface area contributed by atoms with Gasteiger partial charge >= 0.3 is 5.69 Å². The lowest BCUT2D eigenvalue weighted by Crippen LogP contribution is -2.18. The van der Waals surface area contributed by atoms with Crippen molar-refractivity contribution in [3.63, 3.8) is 0 Å². The largest absolute Gasteiger partial charge is 0.399 e. The Labute approximate surface area is 214 Å². The lowest BCUT2D eigenvalue weighted by atomic mass is 9.95. The molecule has 12 heteroatoms. The Bertz CT molecular complexity index is 1630. The summed E-state index contributed by atoms with van der Waals surface area (Å²) in [5.74, 6) is -1.23. The van der Waals surface area contributed by atoms with E-state index in [0.717, 1.165) is 6.07 Å². The molecule has 7 nitrogen and oxygen atoms in total. The molecule has 4 aromatic rings. The number of fused-ring (bicyclic) bond motifs is 2. The average molecular weight is 609 g/mol. The normalized spacial score (nSPS) is 18.9. The highest BCUT2D eigenvalue weighted by Crippen LogP contribution is 2.38. The highest BCUT2D eigenvalue weighted by atomic mass is 127. The van der Waals surface area contributed by atoms with Gasteiger partial charge in [-0.2, -0.15) is 4.98 Å². The van der Waals surface area contributed by atoms with Crippen LogP contribution in [0.1, 0.15) is 5.56 Å². The minimum atomic E-state index is -1.26. The summed E-state index contributed by atoms with van der Waals surface area (Å²) in [6, 6.07) is 3.63. The summed E-state index contributed by atoms with van der Waals surface area (Å²) >= 11 is 1.96. The molecule has 5 rings (SSSR count). The number of nitrogens with one attached hydrogen (secondary N) is 2. The molecule has 0 radical (unpaired) electrons. The number of alkyl halides is 2. The van der Waals surface area contributed by atoms with Crippen LogP contribution in [0.15, 0.2) is 29.2 Å². The quantitative estimate of drug-likeness (QED) is 0.0761. The molecule has 2 aromatic heterocycles. The molecule has 3 atom stereocenters. The molecule has 0 bridgehead atoms. The van der Waals surface area contributed by atoms with E-state index in [9.17, 15) is 18.0 Å². The van der Waals surface area contributed by atoms with Crippen LogP contribution in [0.5, 0.6) is 0 Å². The molecule has 1 saturated carbocycles. The second kappa shape index (κ2) is 9.21. The Morgan fingerprint density at radius 3 is 2.69 bits per heavy atom. The number of nitrogen functional groups attached to an aromatic ring is 1. The first-order chi connectivity index (χ1) is 17.2. The van der Waals surface area contributed by atoms with Gasteiger partial charge in [-0.1, -0.05) is 28.5 Å². The molecule has 0 spiro atoms. The molecule has 0 amide bonds. The van der Waals surface area contributed by atoms with E-state index < -0.39 is 41.0 Å². The van der Waals surface area contributed by atoms with Crippen molar-refractivity contribution >= 4 is 55.8 Å². The van der Waals surface area contributed by atoms with E-state index in [1.54, 1.807) is 0 Å². The highest BCUT2D eigenvalue weighted by molar-refractivity contribution is 14.1. The van der Waals surface area contributed by atoms with Crippen LogP contribution in [-0.4, -0.2) is 44.3 Å². The van der Waals surface area contributed by atoms with E-state index >= 15 is 4.39 Å². The van der Waals surface area contributed by atoms with Crippen LogP contribution in [0.2, 0.25) is 0 Å². The van der Waals surface area contributed by atoms with E-state index in [1.807, 2.05) is 22.6 Å². The lowest BCUT2D eigenvalue weighted by molar-refractivity contribution is 0.112. The summed E-state index contributed by atoms with van der Waals surface area (Å²) < 4.78 is 62.8. The first kappa shape index (κ1) is 24.3. The number of aromatic amines is 1. The van der Waals surface area contributed by atoms with Crippen molar-refractivity contribution in [1.82, 2.24) is 15.0 Å². The third-order valence-electron chi connectivity index (χ3n) is 5.77. The summed E-state index contributed by atoms with van der Waals surface area (Å²) in [6.45, 7) is 0.318. The van der Waals surface area contributed by atoms with Crippen molar-refractivity contribution in [2.24, 2.45) is 0 Å². The van der Waals surface area contributed by atoms with Gasteiger partial charge in [-0.25, -0.2) is 22.4 Å². The van der Waals surface area contributed by atoms with Gasteiger partial charge in [0, 0.05) is 29.4 Å². The average Bonchev–Trinajstić information content (AvgIpc) is 3.41. The van der Waals surface area contributed by atoms with Gasteiger partial charge in [0.15, 0.2) is 17.5 Å². The van der Waals surface area contributed by atoms with Gasteiger partial charge in [-0.15, -0.1) is 6.42 Å². The Balaban J connectivity index is 1.58. The number of hydrogen-bond acceptors (Lipinski definition) is 6. The van der Waals surface area contributed by atoms with Crippen LogP contribution in [0.4, 0.5) is 29.1 Å². The van der Waals surface area contributed by atoms with Gasteiger partial charge in [0.25, 0.3) is 0 Å². The van der Waals surface area contributed by atoms with Gasteiger partial charge in [0.1, 0.15) is 23.8 Å². The SMILES string of the molecule is C#Cc1c(F)c(F)cc2cc(N)cc(-c3ncc4c(NCCO[C@H]5C(I)[C@@H]5F)nc(=O)[nH]c4c3F)c12. The number of hydrogen-bond donors (Lipinski definition) is 3. The van der Waals surface area contributed by atoms with E-state index in [2.05, 4.69) is 26.2 Å². The molecule has 0 saturated heterocycles. The van der Waals surface area contributed by atoms with Crippen molar-refractivity contribution in [3.8, 4) is 23.6 Å². The lowest BCUT2D eigenvalue weighted by Gasteiger charge is -2.14. The zero-order valence-corrected chi connectivity index (χ0v) is 20.4. The number of anilines is 2. The number of benzene rings is 2. The van der Waals surface area contributed by atoms with Crippen LogP contribution >= 0.6 is 22.6 Å². The molecule has 1 aliphatic rings. The molecule has 4 N–H and O–H groups in total. The van der Waals surface area contributed by atoms with E-state index in [1.165, 1.54) is 18.3 Å². The minimum Gasteiger partial charge on any atom is -0.399 e. The Morgan fingerprint density at radius 1 is 1.25 bits per heavy atom. The number of rotatable bonds is 6. The molecule has 36 heavy (non-hydrogen) atoms. The van der Waals surface area contributed by atoms with Crippen molar-refractivity contribution in [2.45, 2.75) is 16.2 Å². The number of ether oxygens (including phenoxy) is 1. The van der Waals surface area contributed by atoms with Crippen LogP contribution in [-0.2, 0) is 4.74 Å². The maximum atomic E-state index is 15.8. The zero-order chi connectivity index (χ0) is 25.7. The molecular weight excluding hydrogens is 593 g/mol. The fourth-order valence-electron chi connectivity index (χ4n) is 4.00. The second-order valence-corrected chi connectivity index (χ2v) is 9.55. The van der Waals surface area contributed by atoms with Crippen LogP contribution in [0, 0.1) is 29.8 Å². The van der Waals surface area contributed by atoms with Gasteiger partial charge < -0.3 is 20.8 Å². The summed E-state index contributed by atoms with van der Waals surface area (Å²) in [4.78, 5) is 22.5. The Morgan fingerprint density at radius 2 is 2.00 bits per heavy atom. The number of terminal acetylenes is 1. The van der Waals surface area contributed by atoms with Crippen molar-refractivity contribution in [1.29, 1.82) is 0 Å². The fourth-order valence-corrected chi connectivity index (χ4v) is 4.78. The number of H-pyrrole nitrogens is 1. The summed E-state index contributed by atoms with van der Waals surface area (Å²) in [5.41, 5.74) is 4.34. The molecule has 1 aliphatic carbocycles. The van der Waals surface area contributed by atoms with Gasteiger partial charge in [-0.3, -0.25) is 4.98 Å². The molecule has 0 aliphatic heterocycles. The first-order valence-electron chi connectivity index (χ1n) is 10.6. The number of nitrogens with two attached hydrogens (primary N) is 1. The molecule has 2 heterocycles. The Hall–Kier alpha value is -3.44. The van der Waals surface area contributed by atoms with Gasteiger partial charge in [-0.05, 0) is 23.6 Å². The van der Waals surface area contributed by atoms with Crippen LogP contribution in [0.3, 0.4) is 0 Å². The van der Waals surface area contributed by atoms with E-state index in [-0.39, 0.29) is 61.5 Å². The van der Waals surface area contributed by atoms with Gasteiger partial charge in [0.05, 0.1) is 27.0 Å². The third kappa shape index (κ3) is 4.11. The maximum Gasteiger partial charge on any atom is 0.347 e. The van der Waals surface area contributed by atoms with Crippen molar-refractivity contribution in [2.75, 3.05) is 24.2 Å². The predicted octanol–water partition coefficient (Wildman–Crippen LogP) is 4.07. The monoisotopic (exact) mass is 609 g/mol. The molecule has 184 valence electrons. The Kier molecular flexibility index (Phi) is 6.21. The number of pyridine rings is 1. The zero-order valence-electron chi connectivity index (χ0n) is 18.2. The van der Waals surface area contributed by atoms with E-state index in [4.69, 9.17) is 16.9 Å². The first-order valence-corrected chi connectivity index (χ1v) is 11.9. The summed E-state index contributed by atoms with van der Waals surface area (Å²) in [6.07, 6.45) is 5.22. The molecule has 2 aromatic carbocycles. The number of halogens is 5. The standard InChI is InChI=1S/C24H16F4IN5O2/c1-2-11-15-9(6-14(25)16(11)26)5-10(30)7-12(15)20-18(28)21-13(8-32-20)23(34-24(35)33-21)31-3-4-36-22-17(27)19(22)29/h1,5-8,17,19,22H,3-4,30H2,(H2,31,33,34,35)/t17-,19?,22+/m0/s1.